The Kier molecular flexibility index (Phi) is 3.90. The van der Waals surface area contributed by atoms with Gasteiger partial charge >= 0.3 is 0 Å². The van der Waals surface area contributed by atoms with Gasteiger partial charge in [-0.3, -0.25) is 20.1 Å². The summed E-state index contributed by atoms with van der Waals surface area (Å²) < 4.78 is 0. The van der Waals surface area contributed by atoms with Crippen molar-refractivity contribution in [1.82, 2.24) is 40.1 Å². The smallest absolute Gasteiger partial charge is 0.161 e. The molecular weight excluding hydrogens is 378 g/mol. The Morgan fingerprint density at radius 1 is 0.900 bits per heavy atom. The number of rotatable bonds is 3. The van der Waals surface area contributed by atoms with Gasteiger partial charge in [-0.05, 0) is 31.4 Å². The third-order valence-electron chi connectivity index (χ3n) is 5.56. The van der Waals surface area contributed by atoms with E-state index in [1.807, 2.05) is 12.3 Å². The van der Waals surface area contributed by atoms with Gasteiger partial charge in [0.25, 0.3) is 0 Å². The van der Waals surface area contributed by atoms with Crippen LogP contribution >= 0.6 is 0 Å². The number of fused-ring (bicyclic) bond motifs is 2. The van der Waals surface area contributed by atoms with E-state index in [9.17, 15) is 0 Å². The molecule has 0 aliphatic carbocycles. The molecule has 0 spiro atoms. The Balaban J connectivity index is 1.47. The van der Waals surface area contributed by atoms with E-state index in [-0.39, 0.29) is 0 Å². The number of imidazole rings is 1. The largest absolute Gasteiger partial charge is 0.370 e. The summed E-state index contributed by atoms with van der Waals surface area (Å²) in [4.78, 5) is 28.1. The summed E-state index contributed by atoms with van der Waals surface area (Å²) in [7, 11) is 0. The Morgan fingerprint density at radius 3 is 2.70 bits per heavy atom. The number of nitrogens with zero attached hydrogens (tertiary/aromatic N) is 7. The van der Waals surface area contributed by atoms with Crippen LogP contribution in [-0.2, 0) is 0 Å². The quantitative estimate of drug-likeness (QED) is 0.480. The molecule has 1 saturated heterocycles. The van der Waals surface area contributed by atoms with Gasteiger partial charge in [0, 0.05) is 37.1 Å². The zero-order valence-electron chi connectivity index (χ0n) is 16.2. The van der Waals surface area contributed by atoms with Gasteiger partial charge < -0.3 is 9.88 Å². The average molecular weight is 397 g/mol. The van der Waals surface area contributed by atoms with Crippen LogP contribution < -0.4 is 4.90 Å². The summed E-state index contributed by atoms with van der Waals surface area (Å²) in [6, 6.07) is 4.02. The van der Waals surface area contributed by atoms with Crippen LogP contribution in [0, 0.1) is 0 Å². The van der Waals surface area contributed by atoms with Crippen molar-refractivity contribution in [2.24, 2.45) is 0 Å². The fourth-order valence-electron chi connectivity index (χ4n) is 4.07. The lowest BCUT2D eigenvalue weighted by atomic mass is 10.1. The molecule has 0 amide bonds. The van der Waals surface area contributed by atoms with Gasteiger partial charge in [-0.1, -0.05) is 0 Å². The monoisotopic (exact) mass is 397 g/mol. The average Bonchev–Trinajstić information content (AvgIpc) is 3.43. The number of piperidine rings is 1. The molecule has 30 heavy (non-hydrogen) atoms. The molecular formula is C21H19N9. The van der Waals surface area contributed by atoms with E-state index in [2.05, 4.69) is 46.1 Å². The van der Waals surface area contributed by atoms with Crippen LogP contribution in [0.15, 0.2) is 43.1 Å². The SMILES string of the molecule is c1cnc(-c2cc3c(-c4nc5c(N6CCCCC6)ccnc5[nH]4)n[nH]c3cn2)cn1. The number of nitrogens with one attached hydrogen (secondary N) is 2. The topological polar surface area (TPSA) is 112 Å². The van der Waals surface area contributed by atoms with Crippen molar-refractivity contribution < 1.29 is 0 Å². The highest BCUT2D eigenvalue weighted by Gasteiger charge is 2.19. The molecule has 6 heterocycles. The molecule has 1 fully saturated rings. The van der Waals surface area contributed by atoms with Crippen LogP contribution in [0.5, 0.6) is 0 Å². The van der Waals surface area contributed by atoms with Gasteiger partial charge in [0.05, 0.1) is 29.3 Å². The van der Waals surface area contributed by atoms with Crippen molar-refractivity contribution in [1.29, 1.82) is 0 Å². The van der Waals surface area contributed by atoms with Gasteiger partial charge in [-0.15, -0.1) is 0 Å². The van der Waals surface area contributed by atoms with Gasteiger partial charge in [0.1, 0.15) is 16.9 Å². The number of pyridine rings is 2. The van der Waals surface area contributed by atoms with Crippen molar-refractivity contribution in [3.05, 3.63) is 43.1 Å². The second-order valence-electron chi connectivity index (χ2n) is 7.44. The van der Waals surface area contributed by atoms with Crippen LogP contribution in [0.3, 0.4) is 0 Å². The van der Waals surface area contributed by atoms with Crippen molar-refractivity contribution in [2.75, 3.05) is 18.0 Å². The van der Waals surface area contributed by atoms with E-state index < -0.39 is 0 Å². The molecule has 0 saturated carbocycles. The van der Waals surface area contributed by atoms with Gasteiger partial charge in [-0.2, -0.15) is 5.10 Å². The first-order valence-electron chi connectivity index (χ1n) is 10.1. The van der Waals surface area contributed by atoms with Crippen LogP contribution in [0.25, 0.3) is 45.0 Å². The normalized spacial score (nSPS) is 14.6. The molecule has 0 aromatic carbocycles. The van der Waals surface area contributed by atoms with Crippen LogP contribution in [0.4, 0.5) is 5.69 Å². The van der Waals surface area contributed by atoms with Crippen LogP contribution in [0.1, 0.15) is 19.3 Å². The molecule has 1 aliphatic rings. The summed E-state index contributed by atoms with van der Waals surface area (Å²) in [5, 5.41) is 8.47. The zero-order valence-corrected chi connectivity index (χ0v) is 16.2. The lowest BCUT2D eigenvalue weighted by Gasteiger charge is -2.28. The number of H-pyrrole nitrogens is 2. The molecule has 0 radical (unpaired) electrons. The van der Waals surface area contributed by atoms with Crippen LogP contribution in [-0.4, -0.2) is 53.2 Å². The number of hydrogen-bond donors (Lipinski definition) is 2. The van der Waals surface area contributed by atoms with Crippen molar-refractivity contribution in [3.8, 4) is 22.9 Å². The van der Waals surface area contributed by atoms with Crippen LogP contribution in [0.2, 0.25) is 0 Å². The third-order valence-corrected chi connectivity index (χ3v) is 5.56. The number of aromatic nitrogens is 8. The second-order valence-corrected chi connectivity index (χ2v) is 7.44. The first kappa shape index (κ1) is 17.0. The Labute approximate surface area is 171 Å². The fourth-order valence-corrected chi connectivity index (χ4v) is 4.07. The number of anilines is 1. The van der Waals surface area contributed by atoms with E-state index in [4.69, 9.17) is 4.98 Å². The summed E-state index contributed by atoms with van der Waals surface area (Å²) in [5.74, 6) is 0.685. The zero-order chi connectivity index (χ0) is 19.9. The van der Waals surface area contributed by atoms with Crippen molar-refractivity contribution in [2.45, 2.75) is 19.3 Å². The number of hydrogen-bond acceptors (Lipinski definition) is 7. The standard InChI is InChI=1S/C21H19N9/c1-2-8-30(9-3-1)17-4-5-24-20-19(17)26-21(27-20)18-13-10-14(16-11-22-6-7-23-16)25-12-15(13)28-29-18/h4-7,10-12H,1-3,8-9H2,(H,28,29)(H,24,26,27). The van der Waals surface area contributed by atoms with Crippen molar-refractivity contribution in [3.63, 3.8) is 0 Å². The molecule has 6 rings (SSSR count). The Hall–Kier alpha value is -3.88. The maximum Gasteiger partial charge on any atom is 0.161 e. The van der Waals surface area contributed by atoms with Gasteiger partial charge in [-0.25, -0.2) is 9.97 Å². The Morgan fingerprint density at radius 2 is 1.83 bits per heavy atom. The predicted molar refractivity (Wildman–Crippen MR) is 114 cm³/mol. The fraction of sp³-hybridized carbons (Fsp3) is 0.238. The van der Waals surface area contributed by atoms with E-state index in [1.54, 1.807) is 24.8 Å². The van der Waals surface area contributed by atoms with E-state index in [0.717, 1.165) is 52.2 Å². The summed E-state index contributed by atoms with van der Waals surface area (Å²) >= 11 is 0. The highest BCUT2D eigenvalue weighted by Crippen LogP contribution is 2.31. The summed E-state index contributed by atoms with van der Waals surface area (Å²) in [5.41, 5.74) is 5.80. The molecule has 2 N–H and O–H groups in total. The summed E-state index contributed by atoms with van der Waals surface area (Å²) in [6.45, 7) is 2.11. The molecule has 5 aromatic heterocycles. The molecule has 0 bridgehead atoms. The van der Waals surface area contributed by atoms with Gasteiger partial charge in [0.2, 0.25) is 0 Å². The maximum atomic E-state index is 4.89. The predicted octanol–water partition coefficient (Wildman–Crippen LogP) is 3.34. The Bertz CT molecular complexity index is 1330. The van der Waals surface area contributed by atoms with E-state index >= 15 is 0 Å². The first-order valence-corrected chi connectivity index (χ1v) is 10.1. The first-order chi connectivity index (χ1) is 14.9. The molecule has 0 unspecified atom stereocenters. The van der Waals surface area contributed by atoms with E-state index in [0.29, 0.717) is 11.5 Å². The highest BCUT2D eigenvalue weighted by molar-refractivity contribution is 5.95. The molecule has 1 aliphatic heterocycles. The molecule has 9 heteroatoms. The minimum atomic E-state index is 0.685. The lowest BCUT2D eigenvalue weighted by Crippen LogP contribution is -2.29. The molecule has 5 aromatic rings. The minimum absolute atomic E-state index is 0.685. The highest BCUT2D eigenvalue weighted by atomic mass is 15.2. The maximum absolute atomic E-state index is 4.89. The second kappa shape index (κ2) is 6.87. The molecule has 148 valence electrons. The van der Waals surface area contributed by atoms with Crippen molar-refractivity contribution >= 4 is 27.8 Å². The summed E-state index contributed by atoms with van der Waals surface area (Å²) in [6.07, 6.45) is 12.3. The lowest BCUT2D eigenvalue weighted by molar-refractivity contribution is 0.578. The number of aromatic amines is 2. The third kappa shape index (κ3) is 2.78. The molecule has 9 nitrogen and oxygen atoms in total. The van der Waals surface area contributed by atoms with Gasteiger partial charge in [0.15, 0.2) is 11.5 Å². The molecule has 0 atom stereocenters. The van der Waals surface area contributed by atoms with E-state index in [1.165, 1.54) is 19.3 Å². The minimum Gasteiger partial charge on any atom is -0.370 e.